The van der Waals surface area contributed by atoms with E-state index >= 15 is 0 Å². The zero-order valence-electron chi connectivity index (χ0n) is 15.2. The van der Waals surface area contributed by atoms with Crippen LogP contribution in [0.3, 0.4) is 0 Å². The summed E-state index contributed by atoms with van der Waals surface area (Å²) >= 11 is 0. The molecule has 6 heteroatoms. The first-order chi connectivity index (χ1) is 12.9. The molecule has 0 bridgehead atoms. The summed E-state index contributed by atoms with van der Waals surface area (Å²) in [5.74, 6) is -0.297. The third kappa shape index (κ3) is 3.60. The van der Waals surface area contributed by atoms with Gasteiger partial charge in [-0.15, -0.1) is 0 Å². The van der Waals surface area contributed by atoms with Crippen LogP contribution in [0.1, 0.15) is 34.0 Å². The molecule has 0 aliphatic carbocycles. The van der Waals surface area contributed by atoms with E-state index in [4.69, 9.17) is 13.9 Å². The maximum Gasteiger partial charge on any atom is 0.513 e. The summed E-state index contributed by atoms with van der Waals surface area (Å²) < 4.78 is 15.4. The zero-order chi connectivity index (χ0) is 19.6. The lowest BCUT2D eigenvalue weighted by molar-refractivity contribution is 0.1000. The van der Waals surface area contributed by atoms with E-state index in [-0.39, 0.29) is 29.3 Å². The van der Waals surface area contributed by atoms with Crippen molar-refractivity contribution in [3.05, 3.63) is 75.1 Å². The molecule has 0 saturated heterocycles. The van der Waals surface area contributed by atoms with Gasteiger partial charge in [0.15, 0.2) is 11.5 Å². The molecule has 0 spiro atoms. The number of carbonyl (C=O) groups is 2. The van der Waals surface area contributed by atoms with Gasteiger partial charge in [-0.2, -0.15) is 0 Å². The van der Waals surface area contributed by atoms with E-state index in [1.54, 1.807) is 57.2 Å². The van der Waals surface area contributed by atoms with Gasteiger partial charge in [0.25, 0.3) is 0 Å². The number of ketones is 1. The Hall–Kier alpha value is -3.41. The molecule has 0 amide bonds. The molecular weight excluding hydrogens is 348 g/mol. The number of hydrogen-bond acceptors (Lipinski definition) is 6. The van der Waals surface area contributed by atoms with Gasteiger partial charge in [-0.25, -0.2) is 9.59 Å². The summed E-state index contributed by atoms with van der Waals surface area (Å²) in [6, 6.07) is 11.6. The van der Waals surface area contributed by atoms with Crippen LogP contribution in [0.4, 0.5) is 4.79 Å². The van der Waals surface area contributed by atoms with Crippen molar-refractivity contribution in [2.75, 3.05) is 6.61 Å². The molecule has 27 heavy (non-hydrogen) atoms. The van der Waals surface area contributed by atoms with Crippen LogP contribution in [-0.2, 0) is 4.74 Å². The fraction of sp³-hybridized carbons (Fsp3) is 0.190. The van der Waals surface area contributed by atoms with E-state index in [9.17, 15) is 14.4 Å². The van der Waals surface area contributed by atoms with Crippen LogP contribution in [-0.4, -0.2) is 18.5 Å². The molecule has 0 atom stereocenters. The second-order valence-electron chi connectivity index (χ2n) is 5.98. The topological polar surface area (TPSA) is 82.8 Å². The minimum absolute atomic E-state index is 0.0172. The van der Waals surface area contributed by atoms with Gasteiger partial charge in [0.05, 0.1) is 12.2 Å². The van der Waals surface area contributed by atoms with E-state index in [1.165, 1.54) is 6.07 Å². The van der Waals surface area contributed by atoms with Crippen LogP contribution < -0.4 is 10.4 Å². The van der Waals surface area contributed by atoms with Crippen LogP contribution in [0.5, 0.6) is 5.75 Å². The Bertz CT molecular complexity index is 1080. The predicted octanol–water partition coefficient (Wildman–Crippen LogP) is 4.18. The van der Waals surface area contributed by atoms with E-state index in [2.05, 4.69) is 0 Å². The van der Waals surface area contributed by atoms with Crippen LogP contribution in [0, 0.1) is 13.8 Å². The van der Waals surface area contributed by atoms with Gasteiger partial charge in [-0.05, 0) is 32.4 Å². The second kappa shape index (κ2) is 7.45. The van der Waals surface area contributed by atoms with Gasteiger partial charge >= 0.3 is 11.8 Å². The minimum atomic E-state index is -0.933. The number of carbonyl (C=O) groups excluding carboxylic acids is 2. The molecule has 0 saturated carbocycles. The fourth-order valence-corrected chi connectivity index (χ4v) is 2.87. The Morgan fingerprint density at radius 3 is 2.44 bits per heavy atom. The molecule has 0 unspecified atom stereocenters. The third-order valence-electron chi connectivity index (χ3n) is 4.15. The first kappa shape index (κ1) is 18.4. The number of benzene rings is 2. The quantitative estimate of drug-likeness (QED) is 0.298. The minimum Gasteiger partial charge on any atom is -0.434 e. The van der Waals surface area contributed by atoms with Gasteiger partial charge in [0, 0.05) is 22.6 Å². The summed E-state index contributed by atoms with van der Waals surface area (Å²) in [5, 5.41) is 0.600. The SMILES string of the molecule is CCOC(=O)Oc1c(C(=O)c2ccccc2)cc2c(C)cc(=O)oc2c1C. The van der Waals surface area contributed by atoms with Crippen LogP contribution in [0.25, 0.3) is 11.0 Å². The Morgan fingerprint density at radius 1 is 1.07 bits per heavy atom. The van der Waals surface area contributed by atoms with Crippen LogP contribution in [0.15, 0.2) is 51.7 Å². The number of aryl methyl sites for hydroxylation is 2. The van der Waals surface area contributed by atoms with Crippen molar-refractivity contribution in [1.29, 1.82) is 0 Å². The van der Waals surface area contributed by atoms with Crippen LogP contribution >= 0.6 is 0 Å². The standard InChI is InChI=1S/C21H18O6/c1-4-25-21(24)27-20-13(3)19-15(12(2)10-17(22)26-19)11-16(20)18(23)14-8-6-5-7-9-14/h5-11H,4H2,1-3H3. The van der Waals surface area contributed by atoms with Gasteiger partial charge in [-0.3, -0.25) is 4.79 Å². The monoisotopic (exact) mass is 366 g/mol. The number of ether oxygens (including phenoxy) is 2. The van der Waals surface area contributed by atoms with Gasteiger partial charge in [0.2, 0.25) is 0 Å². The van der Waals surface area contributed by atoms with Crippen molar-refractivity contribution in [2.45, 2.75) is 20.8 Å². The smallest absolute Gasteiger partial charge is 0.434 e. The highest BCUT2D eigenvalue weighted by molar-refractivity contribution is 6.13. The third-order valence-corrected chi connectivity index (χ3v) is 4.15. The van der Waals surface area contributed by atoms with Gasteiger partial charge in [0.1, 0.15) is 5.58 Å². The molecule has 2 aromatic carbocycles. The van der Waals surface area contributed by atoms with E-state index in [0.717, 1.165) is 0 Å². The lowest BCUT2D eigenvalue weighted by atomic mass is 9.96. The van der Waals surface area contributed by atoms with Crippen molar-refractivity contribution in [3.63, 3.8) is 0 Å². The number of fused-ring (bicyclic) bond motifs is 1. The first-order valence-electron chi connectivity index (χ1n) is 8.44. The second-order valence-corrected chi connectivity index (χ2v) is 5.98. The Labute approximate surface area is 155 Å². The van der Waals surface area contributed by atoms with E-state index in [1.807, 2.05) is 0 Å². The van der Waals surface area contributed by atoms with E-state index < -0.39 is 11.8 Å². The Kier molecular flexibility index (Phi) is 5.07. The summed E-state index contributed by atoms with van der Waals surface area (Å²) in [5.41, 5.74) is 1.42. The highest BCUT2D eigenvalue weighted by Crippen LogP contribution is 2.34. The molecule has 138 valence electrons. The van der Waals surface area contributed by atoms with Crippen LogP contribution in [0.2, 0.25) is 0 Å². The lowest BCUT2D eigenvalue weighted by Crippen LogP contribution is -2.15. The molecular formula is C21H18O6. The average Bonchev–Trinajstić information content (AvgIpc) is 2.65. The van der Waals surface area contributed by atoms with Crippen molar-refractivity contribution >= 4 is 22.9 Å². The normalized spacial score (nSPS) is 10.6. The molecule has 0 aliphatic heterocycles. The molecule has 0 N–H and O–H groups in total. The molecule has 0 fully saturated rings. The summed E-state index contributed by atoms with van der Waals surface area (Å²) in [6.45, 7) is 5.15. The average molecular weight is 366 g/mol. The molecule has 1 heterocycles. The molecule has 0 aliphatic rings. The predicted molar refractivity (Wildman–Crippen MR) is 99.5 cm³/mol. The van der Waals surface area contributed by atoms with Gasteiger partial charge in [-0.1, -0.05) is 30.3 Å². The number of rotatable bonds is 4. The largest absolute Gasteiger partial charge is 0.513 e. The summed E-state index contributed by atoms with van der Waals surface area (Å²) in [7, 11) is 0. The van der Waals surface area contributed by atoms with E-state index in [0.29, 0.717) is 22.1 Å². The summed E-state index contributed by atoms with van der Waals surface area (Å²) in [4.78, 5) is 36.7. The first-order valence-corrected chi connectivity index (χ1v) is 8.44. The Morgan fingerprint density at radius 2 is 1.78 bits per heavy atom. The maximum atomic E-state index is 13.1. The van der Waals surface area contributed by atoms with Crippen molar-refractivity contribution in [3.8, 4) is 5.75 Å². The lowest BCUT2D eigenvalue weighted by Gasteiger charge is -2.14. The highest BCUT2D eigenvalue weighted by Gasteiger charge is 2.23. The van der Waals surface area contributed by atoms with Gasteiger partial charge < -0.3 is 13.9 Å². The molecule has 0 radical (unpaired) electrons. The van der Waals surface area contributed by atoms with Crippen molar-refractivity contribution in [1.82, 2.24) is 0 Å². The highest BCUT2D eigenvalue weighted by atomic mass is 16.7. The maximum absolute atomic E-state index is 13.1. The molecule has 6 nitrogen and oxygen atoms in total. The zero-order valence-corrected chi connectivity index (χ0v) is 15.2. The molecule has 1 aromatic heterocycles. The molecule has 3 rings (SSSR count). The summed E-state index contributed by atoms with van der Waals surface area (Å²) in [6.07, 6.45) is -0.933. The van der Waals surface area contributed by atoms with Crippen molar-refractivity contribution in [2.24, 2.45) is 0 Å². The Balaban J connectivity index is 2.27. The number of hydrogen-bond donors (Lipinski definition) is 0. The fourth-order valence-electron chi connectivity index (χ4n) is 2.87. The van der Waals surface area contributed by atoms with Crippen molar-refractivity contribution < 1.29 is 23.5 Å². The molecule has 3 aromatic rings.